The summed E-state index contributed by atoms with van der Waals surface area (Å²) in [7, 11) is 1.60. The molecule has 3 N–H and O–H groups in total. The van der Waals surface area contributed by atoms with Crippen LogP contribution in [0.4, 0.5) is 10.1 Å². The van der Waals surface area contributed by atoms with Gasteiger partial charge in [-0.1, -0.05) is 30.3 Å². The molecular formula is C25H31FN4O. The number of hydrogen-bond acceptors (Lipinski definition) is 4. The maximum Gasteiger partial charge on any atom is 0.237 e. The summed E-state index contributed by atoms with van der Waals surface area (Å²) in [5.41, 5.74) is 6.55. The minimum atomic E-state index is -1.11. The van der Waals surface area contributed by atoms with Crippen LogP contribution in [0.2, 0.25) is 0 Å². The molecule has 0 bridgehead atoms. The maximum atomic E-state index is 15.0. The molecule has 1 fully saturated rings. The summed E-state index contributed by atoms with van der Waals surface area (Å²) in [6.07, 6.45) is 3.22. The van der Waals surface area contributed by atoms with E-state index >= 15 is 4.39 Å². The Bertz CT molecular complexity index is 1020. The third-order valence-electron chi connectivity index (χ3n) is 7.30. The molecule has 164 valence electrons. The molecule has 1 aliphatic carbocycles. The molecule has 2 aromatic carbocycles. The van der Waals surface area contributed by atoms with Gasteiger partial charge in [0.1, 0.15) is 11.4 Å². The van der Waals surface area contributed by atoms with E-state index in [1.165, 1.54) is 16.5 Å². The zero-order chi connectivity index (χ0) is 22.4. The average Bonchev–Trinajstić information content (AvgIpc) is 3.22. The van der Waals surface area contributed by atoms with Crippen LogP contribution in [-0.2, 0) is 10.3 Å². The highest BCUT2D eigenvalue weighted by Crippen LogP contribution is 2.48. The summed E-state index contributed by atoms with van der Waals surface area (Å²) in [6, 6.07) is 15.9. The topological polar surface area (TPSA) is 70.7 Å². The molecule has 1 amide bonds. The minimum Gasteiger partial charge on any atom is -0.382 e. The molecule has 0 aromatic heterocycles. The number of hydrogen-bond donors (Lipinski definition) is 2. The first kappa shape index (κ1) is 21.3. The van der Waals surface area contributed by atoms with Crippen LogP contribution in [-0.4, -0.2) is 29.9 Å². The van der Waals surface area contributed by atoms with Crippen molar-refractivity contribution in [2.45, 2.75) is 57.5 Å². The molecule has 2 aromatic rings. The van der Waals surface area contributed by atoms with Crippen molar-refractivity contribution in [3.63, 3.8) is 0 Å². The first-order chi connectivity index (χ1) is 14.6. The molecule has 1 aliphatic heterocycles. The third-order valence-corrected chi connectivity index (χ3v) is 7.30. The Kier molecular flexibility index (Phi) is 5.28. The normalized spacial score (nSPS) is 27.8. The summed E-state index contributed by atoms with van der Waals surface area (Å²) in [6.45, 7) is 5.37. The zero-order valence-corrected chi connectivity index (χ0v) is 18.7. The predicted molar refractivity (Wildman–Crippen MR) is 122 cm³/mol. The lowest BCUT2D eigenvalue weighted by Crippen LogP contribution is -2.58. The second kappa shape index (κ2) is 7.66. The van der Waals surface area contributed by atoms with Gasteiger partial charge in [0.15, 0.2) is 5.96 Å². The van der Waals surface area contributed by atoms with Crippen LogP contribution in [0.5, 0.6) is 0 Å². The summed E-state index contributed by atoms with van der Waals surface area (Å²) in [4.78, 5) is 18.8. The molecule has 6 heteroatoms. The average molecular weight is 423 g/mol. The highest BCUT2D eigenvalue weighted by molar-refractivity contribution is 6.01. The molecular weight excluding hydrogens is 391 g/mol. The van der Waals surface area contributed by atoms with E-state index in [1.807, 2.05) is 6.07 Å². The summed E-state index contributed by atoms with van der Waals surface area (Å²) >= 11 is 0. The molecule has 2 unspecified atom stereocenters. The fraction of sp³-hybridized carbons (Fsp3) is 0.440. The van der Waals surface area contributed by atoms with Crippen molar-refractivity contribution in [2.75, 3.05) is 12.4 Å². The Morgan fingerprint density at radius 1 is 1.13 bits per heavy atom. The largest absolute Gasteiger partial charge is 0.382 e. The lowest BCUT2D eigenvalue weighted by molar-refractivity contribution is -0.140. The van der Waals surface area contributed by atoms with Crippen molar-refractivity contribution in [1.82, 2.24) is 4.90 Å². The number of nitrogens with one attached hydrogen (secondary N) is 1. The fourth-order valence-electron chi connectivity index (χ4n) is 4.94. The molecule has 5 nitrogen and oxygen atoms in total. The number of carbonyl (C=O) groups excluding carboxylic acids is 1. The third kappa shape index (κ3) is 3.58. The highest BCUT2D eigenvalue weighted by atomic mass is 19.1. The van der Waals surface area contributed by atoms with Crippen molar-refractivity contribution in [1.29, 1.82) is 0 Å². The summed E-state index contributed by atoms with van der Waals surface area (Å²) in [5, 5.41) is 3.58. The van der Waals surface area contributed by atoms with E-state index in [0.717, 1.165) is 24.9 Å². The van der Waals surface area contributed by atoms with Gasteiger partial charge in [0.05, 0.1) is 5.41 Å². The van der Waals surface area contributed by atoms with Crippen molar-refractivity contribution in [3.05, 3.63) is 65.5 Å². The van der Waals surface area contributed by atoms with Crippen molar-refractivity contribution < 1.29 is 9.18 Å². The lowest BCUT2D eigenvalue weighted by atomic mass is 9.67. The van der Waals surface area contributed by atoms with Crippen LogP contribution < -0.4 is 11.1 Å². The van der Waals surface area contributed by atoms with Crippen LogP contribution in [0.3, 0.4) is 0 Å². The van der Waals surface area contributed by atoms with Crippen molar-refractivity contribution in [3.8, 4) is 0 Å². The number of anilines is 1. The van der Waals surface area contributed by atoms with Crippen LogP contribution in [0.15, 0.2) is 53.5 Å². The fourth-order valence-corrected chi connectivity index (χ4v) is 4.94. The molecule has 1 heterocycles. The van der Waals surface area contributed by atoms with Gasteiger partial charge in [-0.2, -0.15) is 0 Å². The SMILES string of the molecule is CN1C(=O)C(C)(C)[C@@](C)(c2cc(NC3CCC(c4ccccc4)C3)ccc2F)N=C1N. The molecule has 3 atom stereocenters. The Labute approximate surface area is 183 Å². The van der Waals surface area contributed by atoms with Crippen molar-refractivity contribution >= 4 is 17.6 Å². The second-order valence-corrected chi connectivity index (χ2v) is 9.49. The van der Waals surface area contributed by atoms with Gasteiger partial charge >= 0.3 is 0 Å². The Morgan fingerprint density at radius 3 is 2.55 bits per heavy atom. The first-order valence-corrected chi connectivity index (χ1v) is 10.9. The summed E-state index contributed by atoms with van der Waals surface area (Å²) in [5.74, 6) is 0.0717. The molecule has 31 heavy (non-hydrogen) atoms. The highest BCUT2D eigenvalue weighted by Gasteiger charge is 2.53. The number of nitrogens with zero attached hydrogens (tertiary/aromatic N) is 2. The Hall–Kier alpha value is -2.89. The van der Waals surface area contributed by atoms with E-state index in [0.29, 0.717) is 17.5 Å². The maximum absolute atomic E-state index is 15.0. The van der Waals surface area contributed by atoms with Crippen LogP contribution >= 0.6 is 0 Å². The number of carbonyl (C=O) groups is 1. The minimum absolute atomic E-state index is 0.103. The van der Waals surface area contributed by atoms with Crippen LogP contribution in [0.1, 0.15) is 57.1 Å². The van der Waals surface area contributed by atoms with Gasteiger partial charge in [0.2, 0.25) is 5.91 Å². The molecule has 4 rings (SSSR count). The quantitative estimate of drug-likeness (QED) is 0.756. The predicted octanol–water partition coefficient (Wildman–Crippen LogP) is 4.60. The van der Waals surface area contributed by atoms with Gasteiger partial charge in [-0.25, -0.2) is 9.38 Å². The van der Waals surface area contributed by atoms with E-state index in [-0.39, 0.29) is 17.7 Å². The van der Waals surface area contributed by atoms with E-state index < -0.39 is 11.0 Å². The van der Waals surface area contributed by atoms with Gasteiger partial charge < -0.3 is 11.1 Å². The number of benzene rings is 2. The molecule has 1 saturated carbocycles. The molecule has 0 saturated heterocycles. The van der Waals surface area contributed by atoms with Crippen molar-refractivity contribution in [2.24, 2.45) is 16.1 Å². The first-order valence-electron chi connectivity index (χ1n) is 10.9. The second-order valence-electron chi connectivity index (χ2n) is 9.49. The number of aliphatic imine (C=N–C) groups is 1. The van der Waals surface area contributed by atoms with E-state index in [2.05, 4.69) is 34.6 Å². The summed E-state index contributed by atoms with van der Waals surface area (Å²) < 4.78 is 15.0. The smallest absolute Gasteiger partial charge is 0.237 e. The number of rotatable bonds is 4. The lowest BCUT2D eigenvalue weighted by Gasteiger charge is -2.46. The number of nitrogens with two attached hydrogens (primary N) is 1. The molecule has 0 spiro atoms. The van der Waals surface area contributed by atoms with Gasteiger partial charge in [0.25, 0.3) is 0 Å². The molecule has 0 radical (unpaired) electrons. The van der Waals surface area contributed by atoms with E-state index in [9.17, 15) is 4.79 Å². The Balaban J connectivity index is 1.60. The van der Waals surface area contributed by atoms with Crippen LogP contribution in [0.25, 0.3) is 0 Å². The number of amides is 1. The van der Waals surface area contributed by atoms with Gasteiger partial charge in [0, 0.05) is 24.3 Å². The number of halogens is 1. The monoisotopic (exact) mass is 422 g/mol. The number of guanidine groups is 1. The van der Waals surface area contributed by atoms with E-state index in [1.54, 1.807) is 40.0 Å². The standard InChI is InChI=1S/C25H31FN4O/c1-24(2)22(31)30(4)23(27)29-25(24,3)20-15-19(12-13-21(20)26)28-18-11-10-17(14-18)16-8-6-5-7-9-16/h5-9,12-13,15,17-18,28H,10-11,14H2,1-4H3,(H2,27,29)/t17?,18?,25-/m1/s1. The molecule has 2 aliphatic rings. The van der Waals surface area contributed by atoms with Gasteiger partial charge in [-0.05, 0) is 69.7 Å². The van der Waals surface area contributed by atoms with Gasteiger partial charge in [-0.15, -0.1) is 0 Å². The van der Waals surface area contributed by atoms with Gasteiger partial charge in [-0.3, -0.25) is 9.69 Å². The van der Waals surface area contributed by atoms with Crippen LogP contribution in [0, 0.1) is 11.2 Å². The van der Waals surface area contributed by atoms with E-state index in [4.69, 9.17) is 5.73 Å². The zero-order valence-electron chi connectivity index (χ0n) is 18.7. The Morgan fingerprint density at radius 2 is 1.84 bits per heavy atom.